The lowest BCUT2D eigenvalue weighted by Crippen LogP contribution is -2.07. The first-order valence-electron chi connectivity index (χ1n) is 7.56. The quantitative estimate of drug-likeness (QED) is 0.725. The Bertz CT molecular complexity index is 829. The highest BCUT2D eigenvalue weighted by Gasteiger charge is 2.05. The van der Waals surface area contributed by atoms with Gasteiger partial charge in [-0.15, -0.1) is 0 Å². The van der Waals surface area contributed by atoms with E-state index in [9.17, 15) is 0 Å². The van der Waals surface area contributed by atoms with Crippen molar-refractivity contribution < 1.29 is 4.42 Å². The molecule has 0 N–H and O–H groups in total. The number of fused-ring (bicyclic) bond motifs is 1. The summed E-state index contributed by atoms with van der Waals surface area (Å²) in [6, 6.07) is 14.4. The highest BCUT2D eigenvalue weighted by Crippen LogP contribution is 2.22. The fraction of sp³-hybridized carbons (Fsp3) is 0.211. The van der Waals surface area contributed by atoms with E-state index >= 15 is 0 Å². The minimum Gasteiger partial charge on any atom is -0.437 e. The van der Waals surface area contributed by atoms with Crippen molar-refractivity contribution in [3.63, 3.8) is 0 Å². The average Bonchev–Trinajstić information content (AvgIpc) is 2.95. The Morgan fingerprint density at radius 1 is 0.826 bits per heavy atom. The molecule has 0 spiro atoms. The van der Waals surface area contributed by atoms with Gasteiger partial charge in [0.25, 0.3) is 0 Å². The Balaban J connectivity index is 1.83. The Morgan fingerprint density at radius 3 is 2.13 bits per heavy atom. The minimum atomic E-state index is 0.618. The van der Waals surface area contributed by atoms with Gasteiger partial charge < -0.3 is 14.2 Å². The number of benzene rings is 2. The summed E-state index contributed by atoms with van der Waals surface area (Å²) in [5, 5.41) is 0. The Hall–Kier alpha value is -2.75. The van der Waals surface area contributed by atoms with Gasteiger partial charge in [-0.1, -0.05) is 12.1 Å². The topological polar surface area (TPSA) is 32.5 Å². The van der Waals surface area contributed by atoms with E-state index in [1.54, 1.807) is 0 Å². The highest BCUT2D eigenvalue weighted by molar-refractivity contribution is 5.79. The number of hydrogen-bond donors (Lipinski definition) is 0. The van der Waals surface area contributed by atoms with Crippen LogP contribution in [-0.4, -0.2) is 33.2 Å². The molecule has 23 heavy (non-hydrogen) atoms. The van der Waals surface area contributed by atoms with Crippen LogP contribution in [0.1, 0.15) is 11.5 Å². The van der Waals surface area contributed by atoms with Crippen molar-refractivity contribution in [2.24, 2.45) is 0 Å². The van der Waals surface area contributed by atoms with E-state index in [0.29, 0.717) is 5.89 Å². The maximum atomic E-state index is 5.81. The van der Waals surface area contributed by atoms with Gasteiger partial charge in [-0.2, -0.15) is 0 Å². The van der Waals surface area contributed by atoms with Crippen molar-refractivity contribution in [3.05, 3.63) is 53.9 Å². The number of aromatic nitrogens is 1. The van der Waals surface area contributed by atoms with Crippen LogP contribution in [0.25, 0.3) is 23.3 Å². The molecule has 2 aromatic carbocycles. The van der Waals surface area contributed by atoms with Crippen LogP contribution in [0.15, 0.2) is 46.9 Å². The predicted molar refractivity (Wildman–Crippen MR) is 98.0 cm³/mol. The van der Waals surface area contributed by atoms with E-state index in [0.717, 1.165) is 22.4 Å². The summed E-state index contributed by atoms with van der Waals surface area (Å²) in [6.45, 7) is 0. The van der Waals surface area contributed by atoms with Crippen LogP contribution in [0, 0.1) is 0 Å². The van der Waals surface area contributed by atoms with Crippen LogP contribution in [0.3, 0.4) is 0 Å². The molecule has 0 saturated carbocycles. The molecule has 0 fully saturated rings. The van der Waals surface area contributed by atoms with Crippen LogP contribution in [0.5, 0.6) is 0 Å². The number of hydrogen-bond acceptors (Lipinski definition) is 4. The van der Waals surface area contributed by atoms with Crippen LogP contribution < -0.4 is 9.80 Å². The maximum absolute atomic E-state index is 5.81. The van der Waals surface area contributed by atoms with Gasteiger partial charge in [0.15, 0.2) is 5.58 Å². The van der Waals surface area contributed by atoms with Crippen molar-refractivity contribution in [2.75, 3.05) is 38.0 Å². The average molecular weight is 307 g/mol. The zero-order chi connectivity index (χ0) is 16.4. The van der Waals surface area contributed by atoms with Gasteiger partial charge in [0.1, 0.15) is 5.52 Å². The third-order valence-electron chi connectivity index (χ3n) is 3.73. The molecule has 4 heteroatoms. The molecule has 4 nitrogen and oxygen atoms in total. The van der Waals surface area contributed by atoms with E-state index in [-0.39, 0.29) is 0 Å². The van der Waals surface area contributed by atoms with E-state index < -0.39 is 0 Å². The zero-order valence-electron chi connectivity index (χ0n) is 13.9. The molecule has 0 aliphatic carbocycles. The molecule has 0 saturated heterocycles. The van der Waals surface area contributed by atoms with E-state index in [1.807, 2.05) is 63.4 Å². The van der Waals surface area contributed by atoms with Gasteiger partial charge in [0.05, 0.1) is 0 Å². The molecule has 118 valence electrons. The molecular formula is C19H21N3O. The van der Waals surface area contributed by atoms with Crippen molar-refractivity contribution >= 4 is 34.6 Å². The van der Waals surface area contributed by atoms with E-state index in [1.165, 1.54) is 5.69 Å². The Labute approximate surface area is 136 Å². The number of nitrogens with zero attached hydrogens (tertiary/aromatic N) is 3. The van der Waals surface area contributed by atoms with Crippen molar-refractivity contribution in [2.45, 2.75) is 0 Å². The van der Waals surface area contributed by atoms with E-state index in [4.69, 9.17) is 4.42 Å². The molecule has 0 atom stereocenters. The monoisotopic (exact) mass is 307 g/mol. The molecule has 0 radical (unpaired) electrons. The van der Waals surface area contributed by atoms with Crippen molar-refractivity contribution in [1.82, 2.24) is 4.98 Å². The minimum absolute atomic E-state index is 0.618. The van der Waals surface area contributed by atoms with Crippen LogP contribution in [0.4, 0.5) is 11.4 Å². The van der Waals surface area contributed by atoms with Gasteiger partial charge >= 0.3 is 0 Å². The van der Waals surface area contributed by atoms with Gasteiger partial charge in [-0.25, -0.2) is 4.98 Å². The summed E-state index contributed by atoms with van der Waals surface area (Å²) >= 11 is 0. The zero-order valence-corrected chi connectivity index (χ0v) is 13.9. The van der Waals surface area contributed by atoms with Gasteiger partial charge in [0, 0.05) is 51.7 Å². The van der Waals surface area contributed by atoms with Gasteiger partial charge in [0.2, 0.25) is 5.89 Å². The van der Waals surface area contributed by atoms with Gasteiger partial charge in [-0.3, -0.25) is 0 Å². The van der Waals surface area contributed by atoms with Crippen LogP contribution in [0.2, 0.25) is 0 Å². The van der Waals surface area contributed by atoms with E-state index in [2.05, 4.69) is 34.1 Å². The molecule has 0 bridgehead atoms. The lowest BCUT2D eigenvalue weighted by atomic mass is 10.2. The molecule has 0 unspecified atom stereocenters. The number of oxazole rings is 1. The van der Waals surface area contributed by atoms with Crippen LogP contribution in [-0.2, 0) is 0 Å². The fourth-order valence-corrected chi connectivity index (χ4v) is 2.33. The summed E-state index contributed by atoms with van der Waals surface area (Å²) < 4.78 is 5.81. The first-order chi connectivity index (χ1) is 11.0. The SMILES string of the molecule is CN(C)c1ccc(C=Cc2nc3ccc(N(C)C)cc3o2)cc1. The van der Waals surface area contributed by atoms with Crippen molar-refractivity contribution in [3.8, 4) is 0 Å². The predicted octanol–water partition coefficient (Wildman–Crippen LogP) is 4.13. The first-order valence-corrected chi connectivity index (χ1v) is 7.56. The fourth-order valence-electron chi connectivity index (χ4n) is 2.33. The van der Waals surface area contributed by atoms with Crippen molar-refractivity contribution in [1.29, 1.82) is 0 Å². The molecule has 0 aliphatic heterocycles. The number of rotatable bonds is 4. The molecule has 0 aliphatic rings. The highest BCUT2D eigenvalue weighted by atomic mass is 16.3. The summed E-state index contributed by atoms with van der Waals surface area (Å²) in [7, 11) is 8.09. The second-order valence-electron chi connectivity index (χ2n) is 5.92. The maximum Gasteiger partial charge on any atom is 0.220 e. The number of anilines is 2. The summed E-state index contributed by atoms with van der Waals surface area (Å²) in [5.74, 6) is 0.618. The molecule has 1 aromatic heterocycles. The molecular weight excluding hydrogens is 286 g/mol. The summed E-state index contributed by atoms with van der Waals surface area (Å²) in [4.78, 5) is 8.62. The lowest BCUT2D eigenvalue weighted by Gasteiger charge is -2.11. The molecule has 0 amide bonds. The standard InChI is InChI=1S/C19H21N3O/c1-21(2)15-8-5-14(6-9-15)7-12-19-20-17-11-10-16(22(3)4)13-18(17)23-19/h5-13H,1-4H3. The van der Waals surface area contributed by atoms with Crippen LogP contribution >= 0.6 is 0 Å². The lowest BCUT2D eigenvalue weighted by molar-refractivity contribution is 0.589. The second-order valence-corrected chi connectivity index (χ2v) is 5.92. The molecule has 3 aromatic rings. The third kappa shape index (κ3) is 3.37. The third-order valence-corrected chi connectivity index (χ3v) is 3.73. The smallest absolute Gasteiger partial charge is 0.220 e. The van der Waals surface area contributed by atoms with Gasteiger partial charge in [-0.05, 0) is 35.9 Å². The second kappa shape index (κ2) is 6.16. The molecule has 3 rings (SSSR count). The normalized spacial score (nSPS) is 11.3. The summed E-state index contributed by atoms with van der Waals surface area (Å²) in [6.07, 6.45) is 3.91. The summed E-state index contributed by atoms with van der Waals surface area (Å²) in [5.41, 5.74) is 5.08. The Kier molecular flexibility index (Phi) is 4.06. The Morgan fingerprint density at radius 2 is 1.48 bits per heavy atom. The molecule has 1 heterocycles. The first kappa shape index (κ1) is 15.2. The largest absolute Gasteiger partial charge is 0.437 e.